The van der Waals surface area contributed by atoms with E-state index < -0.39 is 0 Å². The number of nitrogens with one attached hydrogen (secondary N) is 2. The van der Waals surface area contributed by atoms with E-state index in [1.54, 1.807) is 14.2 Å². The minimum atomic E-state index is 0.627. The number of halogens is 1. The number of ether oxygens (including phenoxy) is 1. The van der Waals surface area contributed by atoms with Crippen molar-refractivity contribution in [3.05, 3.63) is 64.7 Å². The highest BCUT2D eigenvalue weighted by molar-refractivity contribution is 6.31. The van der Waals surface area contributed by atoms with Crippen molar-refractivity contribution in [1.82, 2.24) is 10.6 Å². The average molecular weight is 318 g/mol. The van der Waals surface area contributed by atoms with Crippen LogP contribution in [0.3, 0.4) is 0 Å². The average Bonchev–Trinajstić information content (AvgIpc) is 2.57. The van der Waals surface area contributed by atoms with E-state index in [9.17, 15) is 0 Å². The SMILES string of the molecule is CN=C(NCc1ccc(OC)cc1)NCc1ccccc1Cl. The second kappa shape index (κ2) is 8.29. The molecule has 2 aromatic rings. The Morgan fingerprint density at radius 2 is 1.73 bits per heavy atom. The third-order valence-electron chi connectivity index (χ3n) is 3.25. The van der Waals surface area contributed by atoms with Gasteiger partial charge < -0.3 is 15.4 Å². The molecule has 0 aliphatic rings. The monoisotopic (exact) mass is 317 g/mol. The van der Waals surface area contributed by atoms with Crippen molar-refractivity contribution in [2.45, 2.75) is 13.1 Å². The van der Waals surface area contributed by atoms with Gasteiger partial charge in [-0.2, -0.15) is 0 Å². The fraction of sp³-hybridized carbons (Fsp3) is 0.235. The van der Waals surface area contributed by atoms with E-state index in [-0.39, 0.29) is 0 Å². The molecule has 5 heteroatoms. The van der Waals surface area contributed by atoms with Gasteiger partial charge in [-0.25, -0.2) is 0 Å². The third-order valence-corrected chi connectivity index (χ3v) is 3.62. The number of aliphatic imine (C=N–C) groups is 1. The molecule has 0 spiro atoms. The molecule has 0 atom stereocenters. The summed E-state index contributed by atoms with van der Waals surface area (Å²) in [5.41, 5.74) is 2.19. The molecule has 0 saturated heterocycles. The van der Waals surface area contributed by atoms with Crippen molar-refractivity contribution in [2.75, 3.05) is 14.2 Å². The summed E-state index contributed by atoms with van der Waals surface area (Å²) < 4.78 is 5.15. The molecule has 0 saturated carbocycles. The summed E-state index contributed by atoms with van der Waals surface area (Å²) >= 11 is 6.14. The normalized spacial score (nSPS) is 11.1. The Morgan fingerprint density at radius 1 is 1.05 bits per heavy atom. The lowest BCUT2D eigenvalue weighted by atomic mass is 10.2. The zero-order chi connectivity index (χ0) is 15.8. The molecule has 4 nitrogen and oxygen atoms in total. The first-order valence-electron chi connectivity index (χ1n) is 7.04. The number of nitrogens with zero attached hydrogens (tertiary/aromatic N) is 1. The largest absolute Gasteiger partial charge is 0.497 e. The van der Waals surface area contributed by atoms with Gasteiger partial charge in [-0.3, -0.25) is 4.99 Å². The minimum Gasteiger partial charge on any atom is -0.497 e. The van der Waals surface area contributed by atoms with Gasteiger partial charge in [0.1, 0.15) is 5.75 Å². The van der Waals surface area contributed by atoms with Gasteiger partial charge in [-0.1, -0.05) is 41.9 Å². The first kappa shape index (κ1) is 16.2. The summed E-state index contributed by atoms with van der Waals surface area (Å²) in [5, 5.41) is 7.27. The topological polar surface area (TPSA) is 45.7 Å². The van der Waals surface area contributed by atoms with Crippen LogP contribution in [0.4, 0.5) is 0 Å². The van der Waals surface area contributed by atoms with Crippen molar-refractivity contribution in [3.63, 3.8) is 0 Å². The number of methoxy groups -OCH3 is 1. The van der Waals surface area contributed by atoms with Gasteiger partial charge in [0.2, 0.25) is 0 Å². The van der Waals surface area contributed by atoms with E-state index in [1.165, 1.54) is 0 Å². The molecule has 0 unspecified atom stereocenters. The van der Waals surface area contributed by atoms with Crippen LogP contribution in [0.1, 0.15) is 11.1 Å². The molecular formula is C17H20ClN3O. The zero-order valence-electron chi connectivity index (χ0n) is 12.8. The molecular weight excluding hydrogens is 298 g/mol. The van der Waals surface area contributed by atoms with Gasteiger partial charge in [0.15, 0.2) is 5.96 Å². The molecule has 0 heterocycles. The standard InChI is InChI=1S/C17H20ClN3O/c1-19-17(21-12-14-5-3-4-6-16(14)18)20-11-13-7-9-15(22-2)10-8-13/h3-10H,11-12H2,1-2H3,(H2,19,20,21). The van der Waals surface area contributed by atoms with Gasteiger partial charge in [-0.15, -0.1) is 0 Å². The van der Waals surface area contributed by atoms with E-state index in [2.05, 4.69) is 15.6 Å². The Hall–Kier alpha value is -2.20. The predicted molar refractivity (Wildman–Crippen MR) is 91.5 cm³/mol. The number of rotatable bonds is 5. The molecule has 0 aliphatic carbocycles. The summed E-state index contributed by atoms with van der Waals surface area (Å²) in [6.45, 7) is 1.31. The maximum absolute atomic E-state index is 6.14. The number of hydrogen-bond acceptors (Lipinski definition) is 2. The fourth-order valence-electron chi connectivity index (χ4n) is 1.97. The van der Waals surface area contributed by atoms with Crippen molar-refractivity contribution >= 4 is 17.6 Å². The van der Waals surface area contributed by atoms with Crippen LogP contribution in [0.15, 0.2) is 53.5 Å². The van der Waals surface area contributed by atoms with Crippen molar-refractivity contribution in [1.29, 1.82) is 0 Å². The minimum absolute atomic E-state index is 0.627. The molecule has 2 aromatic carbocycles. The van der Waals surface area contributed by atoms with E-state index in [0.717, 1.165) is 27.9 Å². The Kier molecular flexibility index (Phi) is 6.10. The highest BCUT2D eigenvalue weighted by Gasteiger charge is 2.02. The van der Waals surface area contributed by atoms with Crippen LogP contribution in [0.2, 0.25) is 5.02 Å². The summed E-state index contributed by atoms with van der Waals surface area (Å²) in [6, 6.07) is 15.7. The molecule has 0 bridgehead atoms. The summed E-state index contributed by atoms with van der Waals surface area (Å²) in [7, 11) is 3.41. The van der Waals surface area contributed by atoms with Gasteiger partial charge in [0.05, 0.1) is 7.11 Å². The Morgan fingerprint density at radius 3 is 2.36 bits per heavy atom. The number of guanidine groups is 1. The quantitative estimate of drug-likeness (QED) is 0.657. The van der Waals surface area contributed by atoms with Crippen molar-refractivity contribution in [2.24, 2.45) is 4.99 Å². The highest BCUT2D eigenvalue weighted by atomic mass is 35.5. The molecule has 0 aliphatic heterocycles. The molecule has 0 radical (unpaired) electrons. The highest BCUT2D eigenvalue weighted by Crippen LogP contribution is 2.14. The van der Waals surface area contributed by atoms with Crippen molar-refractivity contribution in [3.8, 4) is 5.75 Å². The van der Waals surface area contributed by atoms with Gasteiger partial charge in [0.25, 0.3) is 0 Å². The summed E-state index contributed by atoms with van der Waals surface area (Å²) in [5.74, 6) is 1.58. The smallest absolute Gasteiger partial charge is 0.191 e. The second-order valence-electron chi connectivity index (χ2n) is 4.72. The Balaban J connectivity index is 1.86. The summed E-state index contributed by atoms with van der Waals surface area (Å²) in [4.78, 5) is 4.21. The zero-order valence-corrected chi connectivity index (χ0v) is 13.5. The molecule has 0 aromatic heterocycles. The van der Waals surface area contributed by atoms with Crippen LogP contribution in [0, 0.1) is 0 Å². The second-order valence-corrected chi connectivity index (χ2v) is 5.13. The lowest BCUT2D eigenvalue weighted by Crippen LogP contribution is -2.36. The predicted octanol–water partition coefficient (Wildman–Crippen LogP) is 3.21. The Labute approximate surface area is 136 Å². The number of hydrogen-bond donors (Lipinski definition) is 2. The molecule has 22 heavy (non-hydrogen) atoms. The van der Waals surface area contributed by atoms with Crippen LogP contribution >= 0.6 is 11.6 Å². The maximum Gasteiger partial charge on any atom is 0.191 e. The maximum atomic E-state index is 6.14. The van der Waals surface area contributed by atoms with Crippen LogP contribution < -0.4 is 15.4 Å². The fourth-order valence-corrected chi connectivity index (χ4v) is 2.17. The molecule has 116 valence electrons. The lowest BCUT2D eigenvalue weighted by molar-refractivity contribution is 0.414. The third kappa shape index (κ3) is 4.67. The van der Waals surface area contributed by atoms with E-state index in [0.29, 0.717) is 13.1 Å². The number of benzene rings is 2. The molecule has 0 fully saturated rings. The lowest BCUT2D eigenvalue weighted by Gasteiger charge is -2.13. The molecule has 2 N–H and O–H groups in total. The van der Waals surface area contributed by atoms with Gasteiger partial charge >= 0.3 is 0 Å². The van der Waals surface area contributed by atoms with E-state index >= 15 is 0 Å². The van der Waals surface area contributed by atoms with Gasteiger partial charge in [0, 0.05) is 25.2 Å². The molecule has 0 amide bonds. The van der Waals surface area contributed by atoms with Crippen LogP contribution in [0.5, 0.6) is 5.75 Å². The van der Waals surface area contributed by atoms with E-state index in [4.69, 9.17) is 16.3 Å². The first-order chi connectivity index (χ1) is 10.7. The van der Waals surface area contributed by atoms with Crippen LogP contribution in [0.25, 0.3) is 0 Å². The van der Waals surface area contributed by atoms with Gasteiger partial charge in [-0.05, 0) is 29.3 Å². The van der Waals surface area contributed by atoms with Crippen molar-refractivity contribution < 1.29 is 4.74 Å². The van der Waals surface area contributed by atoms with Crippen LogP contribution in [-0.2, 0) is 13.1 Å². The van der Waals surface area contributed by atoms with E-state index in [1.807, 2.05) is 48.5 Å². The summed E-state index contributed by atoms with van der Waals surface area (Å²) in [6.07, 6.45) is 0. The van der Waals surface area contributed by atoms with Crippen LogP contribution in [-0.4, -0.2) is 20.1 Å². The Bertz CT molecular complexity index is 626. The first-order valence-corrected chi connectivity index (χ1v) is 7.41. The molecule has 2 rings (SSSR count).